The Balaban J connectivity index is 2.95. The van der Waals surface area contributed by atoms with E-state index in [0.29, 0.717) is 0 Å². The van der Waals surface area contributed by atoms with E-state index in [1.807, 2.05) is 38.1 Å². The fourth-order valence-electron chi connectivity index (χ4n) is 1.90. The standard InChI is InChI=1S/C14H21NO/c1-4-9-14(3,15)13(16)12-8-6-7-11(5-2)10-12/h6-8,10H,4-5,9,15H2,1-3H3. The van der Waals surface area contributed by atoms with Gasteiger partial charge in [0.25, 0.3) is 0 Å². The Bertz CT molecular complexity index is 369. The minimum Gasteiger partial charge on any atom is -0.319 e. The van der Waals surface area contributed by atoms with Crippen molar-refractivity contribution in [3.63, 3.8) is 0 Å². The Kier molecular flexibility index (Phi) is 4.25. The average Bonchev–Trinajstić information content (AvgIpc) is 2.28. The first-order chi connectivity index (χ1) is 7.51. The smallest absolute Gasteiger partial charge is 0.182 e. The first-order valence-corrected chi connectivity index (χ1v) is 5.94. The maximum Gasteiger partial charge on any atom is 0.182 e. The minimum absolute atomic E-state index is 0.0460. The third-order valence-electron chi connectivity index (χ3n) is 2.89. The van der Waals surface area contributed by atoms with Gasteiger partial charge in [-0.1, -0.05) is 38.5 Å². The van der Waals surface area contributed by atoms with Gasteiger partial charge in [-0.25, -0.2) is 0 Å². The second-order valence-corrected chi connectivity index (χ2v) is 4.55. The molecule has 0 saturated carbocycles. The van der Waals surface area contributed by atoms with Crippen LogP contribution in [0, 0.1) is 0 Å². The molecule has 0 spiro atoms. The number of hydrogen-bond donors (Lipinski definition) is 1. The molecule has 0 fully saturated rings. The SMILES string of the molecule is CCCC(C)(N)C(=O)c1cccc(CC)c1. The van der Waals surface area contributed by atoms with Crippen molar-refractivity contribution in [3.8, 4) is 0 Å². The van der Waals surface area contributed by atoms with Crippen LogP contribution in [0.5, 0.6) is 0 Å². The summed E-state index contributed by atoms with van der Waals surface area (Å²) < 4.78 is 0. The van der Waals surface area contributed by atoms with Crippen molar-refractivity contribution in [2.24, 2.45) is 5.73 Å². The molecule has 16 heavy (non-hydrogen) atoms. The molecule has 0 aliphatic rings. The molecule has 0 bridgehead atoms. The summed E-state index contributed by atoms with van der Waals surface area (Å²) in [6, 6.07) is 7.75. The molecular weight excluding hydrogens is 198 g/mol. The molecule has 1 atom stereocenters. The highest BCUT2D eigenvalue weighted by Gasteiger charge is 2.28. The van der Waals surface area contributed by atoms with Crippen LogP contribution in [0.25, 0.3) is 0 Å². The van der Waals surface area contributed by atoms with Crippen molar-refractivity contribution >= 4 is 5.78 Å². The van der Waals surface area contributed by atoms with Gasteiger partial charge in [0.15, 0.2) is 5.78 Å². The number of hydrogen-bond acceptors (Lipinski definition) is 2. The van der Waals surface area contributed by atoms with Crippen LogP contribution >= 0.6 is 0 Å². The highest BCUT2D eigenvalue weighted by atomic mass is 16.1. The first-order valence-electron chi connectivity index (χ1n) is 5.94. The van der Waals surface area contributed by atoms with Crippen LogP contribution < -0.4 is 5.73 Å². The molecule has 88 valence electrons. The van der Waals surface area contributed by atoms with Crippen molar-refractivity contribution in [3.05, 3.63) is 35.4 Å². The Labute approximate surface area is 97.9 Å². The molecule has 2 N–H and O–H groups in total. The van der Waals surface area contributed by atoms with Crippen LogP contribution in [0.3, 0.4) is 0 Å². The molecule has 0 heterocycles. The second-order valence-electron chi connectivity index (χ2n) is 4.55. The highest BCUT2D eigenvalue weighted by molar-refractivity contribution is 6.02. The van der Waals surface area contributed by atoms with E-state index in [4.69, 9.17) is 5.73 Å². The number of aryl methyl sites for hydroxylation is 1. The van der Waals surface area contributed by atoms with Gasteiger partial charge in [0.1, 0.15) is 0 Å². The van der Waals surface area contributed by atoms with Gasteiger partial charge in [-0.05, 0) is 31.4 Å². The summed E-state index contributed by atoms with van der Waals surface area (Å²) in [5, 5.41) is 0. The van der Waals surface area contributed by atoms with Crippen molar-refractivity contribution in [2.75, 3.05) is 0 Å². The van der Waals surface area contributed by atoms with E-state index < -0.39 is 5.54 Å². The molecule has 1 aromatic carbocycles. The third kappa shape index (κ3) is 2.92. The molecule has 2 heteroatoms. The van der Waals surface area contributed by atoms with Gasteiger partial charge < -0.3 is 5.73 Å². The summed E-state index contributed by atoms with van der Waals surface area (Å²) in [4.78, 5) is 12.2. The van der Waals surface area contributed by atoms with Crippen LogP contribution in [-0.2, 0) is 6.42 Å². The lowest BCUT2D eigenvalue weighted by Gasteiger charge is -2.22. The van der Waals surface area contributed by atoms with Gasteiger partial charge in [0.05, 0.1) is 5.54 Å². The zero-order valence-corrected chi connectivity index (χ0v) is 10.4. The minimum atomic E-state index is -0.735. The Hall–Kier alpha value is -1.15. The third-order valence-corrected chi connectivity index (χ3v) is 2.89. The Morgan fingerprint density at radius 1 is 1.38 bits per heavy atom. The lowest BCUT2D eigenvalue weighted by Crippen LogP contribution is -2.44. The number of rotatable bonds is 5. The van der Waals surface area contributed by atoms with Crippen LogP contribution in [0.4, 0.5) is 0 Å². The second kappa shape index (κ2) is 5.26. The number of carbonyl (C=O) groups excluding carboxylic acids is 1. The molecule has 0 aliphatic carbocycles. The van der Waals surface area contributed by atoms with Crippen LogP contribution in [-0.4, -0.2) is 11.3 Å². The predicted octanol–water partition coefficient (Wildman–Crippen LogP) is 2.95. The molecule has 1 aromatic rings. The van der Waals surface area contributed by atoms with E-state index in [9.17, 15) is 4.79 Å². The highest BCUT2D eigenvalue weighted by Crippen LogP contribution is 2.17. The number of carbonyl (C=O) groups is 1. The van der Waals surface area contributed by atoms with E-state index in [1.54, 1.807) is 0 Å². The molecule has 0 saturated heterocycles. The molecule has 2 nitrogen and oxygen atoms in total. The van der Waals surface area contributed by atoms with E-state index in [-0.39, 0.29) is 5.78 Å². The van der Waals surface area contributed by atoms with Crippen molar-refractivity contribution < 1.29 is 4.79 Å². The fourth-order valence-corrected chi connectivity index (χ4v) is 1.90. The van der Waals surface area contributed by atoms with Crippen molar-refractivity contribution in [1.29, 1.82) is 0 Å². The maximum absolute atomic E-state index is 12.2. The summed E-state index contributed by atoms with van der Waals surface area (Å²) in [6.45, 7) is 5.94. The molecule has 0 amide bonds. The molecule has 1 rings (SSSR count). The lowest BCUT2D eigenvalue weighted by molar-refractivity contribution is 0.0893. The summed E-state index contributed by atoms with van der Waals surface area (Å²) in [5.74, 6) is 0.0460. The van der Waals surface area contributed by atoms with E-state index >= 15 is 0 Å². The molecule has 1 unspecified atom stereocenters. The number of Topliss-reactive ketones (excluding diaryl/α,β-unsaturated/α-hetero) is 1. The van der Waals surface area contributed by atoms with Gasteiger partial charge in [-0.3, -0.25) is 4.79 Å². The zero-order valence-electron chi connectivity index (χ0n) is 10.4. The lowest BCUT2D eigenvalue weighted by atomic mass is 9.87. The summed E-state index contributed by atoms with van der Waals surface area (Å²) >= 11 is 0. The van der Waals surface area contributed by atoms with Gasteiger partial charge in [-0.15, -0.1) is 0 Å². The van der Waals surface area contributed by atoms with Gasteiger partial charge in [0.2, 0.25) is 0 Å². The van der Waals surface area contributed by atoms with Crippen LogP contribution in [0.2, 0.25) is 0 Å². The normalized spacial score (nSPS) is 14.5. The largest absolute Gasteiger partial charge is 0.319 e. The summed E-state index contributed by atoms with van der Waals surface area (Å²) in [7, 11) is 0. The quantitative estimate of drug-likeness (QED) is 0.774. The summed E-state index contributed by atoms with van der Waals surface area (Å²) in [5.41, 5.74) is 7.22. The molecule has 0 radical (unpaired) electrons. The van der Waals surface area contributed by atoms with Gasteiger partial charge in [-0.2, -0.15) is 0 Å². The van der Waals surface area contributed by atoms with Crippen LogP contribution in [0.15, 0.2) is 24.3 Å². The number of benzene rings is 1. The molecule has 0 aromatic heterocycles. The Morgan fingerprint density at radius 2 is 2.06 bits per heavy atom. The fraction of sp³-hybridized carbons (Fsp3) is 0.500. The molecule has 0 aliphatic heterocycles. The zero-order chi connectivity index (χ0) is 12.2. The predicted molar refractivity (Wildman–Crippen MR) is 67.7 cm³/mol. The molecular formula is C14H21NO. The van der Waals surface area contributed by atoms with Gasteiger partial charge in [0, 0.05) is 5.56 Å². The van der Waals surface area contributed by atoms with E-state index in [2.05, 4.69) is 6.92 Å². The van der Waals surface area contributed by atoms with Crippen LogP contribution in [0.1, 0.15) is 49.5 Å². The summed E-state index contributed by atoms with van der Waals surface area (Å²) in [6.07, 6.45) is 2.59. The number of nitrogens with two attached hydrogens (primary N) is 1. The van der Waals surface area contributed by atoms with Crippen molar-refractivity contribution in [2.45, 2.75) is 45.6 Å². The average molecular weight is 219 g/mol. The van der Waals surface area contributed by atoms with E-state index in [0.717, 1.165) is 24.8 Å². The maximum atomic E-state index is 12.2. The topological polar surface area (TPSA) is 43.1 Å². The monoisotopic (exact) mass is 219 g/mol. The van der Waals surface area contributed by atoms with Gasteiger partial charge >= 0.3 is 0 Å². The first kappa shape index (κ1) is 12.9. The van der Waals surface area contributed by atoms with Crippen molar-refractivity contribution in [1.82, 2.24) is 0 Å². The van der Waals surface area contributed by atoms with E-state index in [1.165, 1.54) is 5.56 Å². The Morgan fingerprint density at radius 3 is 2.62 bits per heavy atom. The number of ketones is 1.